The maximum absolute atomic E-state index is 12.0. The highest BCUT2D eigenvalue weighted by Crippen LogP contribution is 2.24. The number of carboxylic acids is 1. The molecule has 1 aliphatic rings. The molecule has 0 aliphatic heterocycles. The summed E-state index contributed by atoms with van der Waals surface area (Å²) in [5, 5.41) is 11.5. The van der Waals surface area contributed by atoms with Gasteiger partial charge in [-0.15, -0.1) is 0 Å². The van der Waals surface area contributed by atoms with Gasteiger partial charge in [0, 0.05) is 26.6 Å². The maximum Gasteiger partial charge on any atom is 0.317 e. The van der Waals surface area contributed by atoms with Crippen molar-refractivity contribution in [2.75, 3.05) is 20.1 Å². The number of hydrogen-bond acceptors (Lipinski definition) is 2. The first-order chi connectivity index (χ1) is 9.49. The normalized spacial score (nSPS) is 17.5. The molecule has 0 aromatic heterocycles. The van der Waals surface area contributed by atoms with Crippen molar-refractivity contribution in [3.05, 3.63) is 0 Å². The largest absolute Gasteiger partial charge is 0.481 e. The van der Waals surface area contributed by atoms with Gasteiger partial charge in [0.15, 0.2) is 0 Å². The van der Waals surface area contributed by atoms with Gasteiger partial charge in [-0.2, -0.15) is 0 Å². The number of amides is 2. The van der Waals surface area contributed by atoms with Crippen LogP contribution in [0.3, 0.4) is 0 Å². The Morgan fingerprint density at radius 1 is 1.30 bits per heavy atom. The van der Waals surface area contributed by atoms with Crippen LogP contribution in [0.1, 0.15) is 51.9 Å². The minimum absolute atomic E-state index is 0.0438. The van der Waals surface area contributed by atoms with E-state index in [9.17, 15) is 9.59 Å². The number of nitrogens with zero attached hydrogens (tertiary/aromatic N) is 1. The average molecular weight is 284 g/mol. The van der Waals surface area contributed by atoms with Crippen molar-refractivity contribution in [2.45, 2.75) is 51.9 Å². The highest BCUT2D eigenvalue weighted by atomic mass is 16.4. The fraction of sp³-hybridized carbons (Fsp3) is 0.867. The van der Waals surface area contributed by atoms with Crippen molar-refractivity contribution in [1.29, 1.82) is 0 Å². The van der Waals surface area contributed by atoms with Crippen LogP contribution in [0.5, 0.6) is 0 Å². The van der Waals surface area contributed by atoms with Crippen LogP contribution in [0.2, 0.25) is 0 Å². The first-order valence-electron chi connectivity index (χ1n) is 7.69. The van der Waals surface area contributed by atoms with Crippen molar-refractivity contribution < 1.29 is 14.7 Å². The molecule has 1 unspecified atom stereocenters. The Labute approximate surface area is 121 Å². The Kier molecular flexibility index (Phi) is 7.41. The lowest BCUT2D eigenvalue weighted by Crippen LogP contribution is -2.41. The van der Waals surface area contributed by atoms with Crippen LogP contribution in [0.4, 0.5) is 4.79 Å². The summed E-state index contributed by atoms with van der Waals surface area (Å²) in [6, 6.07) is -0.0438. The highest BCUT2D eigenvalue weighted by Gasteiger charge is 2.18. The molecule has 0 spiro atoms. The number of rotatable bonds is 7. The molecule has 1 aliphatic carbocycles. The van der Waals surface area contributed by atoms with Gasteiger partial charge < -0.3 is 15.3 Å². The molecule has 5 heteroatoms. The Balaban J connectivity index is 2.18. The summed E-state index contributed by atoms with van der Waals surface area (Å²) in [5.74, 6) is 0.0552. The lowest BCUT2D eigenvalue weighted by Gasteiger charge is -2.27. The number of nitrogens with one attached hydrogen (secondary N) is 1. The lowest BCUT2D eigenvalue weighted by atomic mass is 9.89. The van der Waals surface area contributed by atoms with Crippen LogP contribution < -0.4 is 5.32 Å². The second-order valence-corrected chi connectivity index (χ2v) is 6.11. The van der Waals surface area contributed by atoms with Gasteiger partial charge in [0.1, 0.15) is 0 Å². The zero-order valence-electron chi connectivity index (χ0n) is 12.7. The molecule has 1 rings (SSSR count). The van der Waals surface area contributed by atoms with E-state index >= 15 is 0 Å². The summed E-state index contributed by atoms with van der Waals surface area (Å²) in [5.41, 5.74) is 0. The van der Waals surface area contributed by atoms with Crippen molar-refractivity contribution in [3.63, 3.8) is 0 Å². The molecule has 2 amide bonds. The van der Waals surface area contributed by atoms with E-state index in [1.165, 1.54) is 32.1 Å². The predicted octanol–water partition coefficient (Wildman–Crippen LogP) is 2.71. The maximum atomic E-state index is 12.0. The molecule has 5 nitrogen and oxygen atoms in total. The fourth-order valence-electron chi connectivity index (χ4n) is 2.71. The smallest absolute Gasteiger partial charge is 0.317 e. The monoisotopic (exact) mass is 284 g/mol. The molecular formula is C15H28N2O3. The standard InChI is InChI=1S/C15H28N2O3/c1-12(8-9-14(18)19)10-16-15(20)17(2)11-13-6-4-3-5-7-13/h12-13H,3-11H2,1-2H3,(H,16,20)(H,18,19). The molecule has 2 N–H and O–H groups in total. The first-order valence-corrected chi connectivity index (χ1v) is 7.69. The number of hydrogen-bond donors (Lipinski definition) is 2. The number of urea groups is 1. The number of carbonyl (C=O) groups excluding carboxylic acids is 1. The van der Waals surface area contributed by atoms with Gasteiger partial charge in [0.05, 0.1) is 0 Å². The van der Waals surface area contributed by atoms with Gasteiger partial charge >= 0.3 is 12.0 Å². The van der Waals surface area contributed by atoms with Crippen LogP contribution in [0.15, 0.2) is 0 Å². The third-order valence-electron chi connectivity index (χ3n) is 4.06. The Morgan fingerprint density at radius 2 is 1.95 bits per heavy atom. The first kappa shape index (κ1) is 16.8. The molecule has 0 aromatic carbocycles. The van der Waals surface area contributed by atoms with Gasteiger partial charge in [-0.05, 0) is 31.1 Å². The predicted molar refractivity (Wildman–Crippen MR) is 78.6 cm³/mol. The molecule has 0 aromatic rings. The molecule has 0 bridgehead atoms. The van der Waals surface area contributed by atoms with E-state index in [2.05, 4.69) is 5.32 Å². The minimum atomic E-state index is -0.780. The average Bonchev–Trinajstić information content (AvgIpc) is 2.43. The summed E-state index contributed by atoms with van der Waals surface area (Å²) in [6.07, 6.45) is 7.11. The van der Waals surface area contributed by atoms with Crippen LogP contribution >= 0.6 is 0 Å². The van der Waals surface area contributed by atoms with E-state index in [0.29, 0.717) is 18.9 Å². The van der Waals surface area contributed by atoms with Crippen LogP contribution in [0.25, 0.3) is 0 Å². The highest BCUT2D eigenvalue weighted by molar-refractivity contribution is 5.73. The van der Waals surface area contributed by atoms with Crippen LogP contribution in [-0.2, 0) is 4.79 Å². The van der Waals surface area contributed by atoms with Gasteiger partial charge in [-0.25, -0.2) is 4.79 Å². The van der Waals surface area contributed by atoms with E-state index in [4.69, 9.17) is 5.11 Å². The van der Waals surface area contributed by atoms with Gasteiger partial charge in [0.25, 0.3) is 0 Å². The summed E-state index contributed by atoms with van der Waals surface area (Å²) in [4.78, 5) is 24.2. The zero-order valence-corrected chi connectivity index (χ0v) is 12.7. The molecule has 0 saturated heterocycles. The Hall–Kier alpha value is -1.26. The number of carbonyl (C=O) groups is 2. The van der Waals surface area contributed by atoms with E-state index < -0.39 is 5.97 Å². The van der Waals surface area contributed by atoms with E-state index in [1.807, 2.05) is 14.0 Å². The van der Waals surface area contributed by atoms with Gasteiger partial charge in [-0.1, -0.05) is 26.2 Å². The van der Waals surface area contributed by atoms with Crippen molar-refractivity contribution in [2.24, 2.45) is 11.8 Å². The van der Waals surface area contributed by atoms with Crippen LogP contribution in [0, 0.1) is 11.8 Å². The molecule has 1 saturated carbocycles. The fourth-order valence-corrected chi connectivity index (χ4v) is 2.71. The van der Waals surface area contributed by atoms with E-state index in [-0.39, 0.29) is 18.4 Å². The molecule has 1 fully saturated rings. The summed E-state index contributed by atoms with van der Waals surface area (Å²) in [7, 11) is 1.84. The molecule has 20 heavy (non-hydrogen) atoms. The third kappa shape index (κ3) is 6.78. The molecule has 0 heterocycles. The molecule has 116 valence electrons. The van der Waals surface area contributed by atoms with Gasteiger partial charge in [-0.3, -0.25) is 4.79 Å². The summed E-state index contributed by atoms with van der Waals surface area (Å²) in [6.45, 7) is 3.33. The summed E-state index contributed by atoms with van der Waals surface area (Å²) < 4.78 is 0. The topological polar surface area (TPSA) is 69.6 Å². The lowest BCUT2D eigenvalue weighted by molar-refractivity contribution is -0.137. The van der Waals surface area contributed by atoms with Crippen molar-refractivity contribution in [1.82, 2.24) is 10.2 Å². The molecule has 1 atom stereocenters. The number of aliphatic carboxylic acids is 1. The van der Waals surface area contributed by atoms with E-state index in [1.54, 1.807) is 4.90 Å². The second-order valence-electron chi connectivity index (χ2n) is 6.11. The molecular weight excluding hydrogens is 256 g/mol. The SMILES string of the molecule is CC(CCC(=O)O)CNC(=O)N(C)CC1CCCCC1. The Morgan fingerprint density at radius 3 is 2.55 bits per heavy atom. The Bertz CT molecular complexity index is 314. The van der Waals surface area contributed by atoms with Crippen molar-refractivity contribution in [3.8, 4) is 0 Å². The van der Waals surface area contributed by atoms with Crippen LogP contribution in [-0.4, -0.2) is 42.1 Å². The van der Waals surface area contributed by atoms with Gasteiger partial charge in [0.2, 0.25) is 0 Å². The van der Waals surface area contributed by atoms with E-state index in [0.717, 1.165) is 6.54 Å². The summed E-state index contributed by atoms with van der Waals surface area (Å²) >= 11 is 0. The third-order valence-corrected chi connectivity index (χ3v) is 4.06. The second kappa shape index (κ2) is 8.82. The van der Waals surface area contributed by atoms with Crippen molar-refractivity contribution >= 4 is 12.0 Å². The molecule has 0 radical (unpaired) electrons. The quantitative estimate of drug-likeness (QED) is 0.755. The minimum Gasteiger partial charge on any atom is -0.481 e. The zero-order chi connectivity index (χ0) is 15.0. The number of carboxylic acid groups (broad SMARTS) is 1.